The summed E-state index contributed by atoms with van der Waals surface area (Å²) in [5.74, 6) is 1.44. The maximum absolute atomic E-state index is 5.84. The molecule has 1 nitrogen and oxygen atoms in total. The molecule has 0 spiro atoms. The van der Waals surface area contributed by atoms with E-state index in [0.29, 0.717) is 5.88 Å². The monoisotopic (exact) mass is 290 g/mol. The van der Waals surface area contributed by atoms with Gasteiger partial charge in [0.05, 0.1) is 17.7 Å². The van der Waals surface area contributed by atoms with Gasteiger partial charge in [-0.2, -0.15) is 0 Å². The Hall–Kier alpha value is -0.250. The number of hydrogen-bond donors (Lipinski definition) is 0. The fourth-order valence-electron chi connectivity index (χ4n) is 1.36. The normalized spacial score (nSPS) is 10.8. The van der Waals surface area contributed by atoms with Gasteiger partial charge < -0.3 is 4.74 Å². The van der Waals surface area contributed by atoms with Gasteiger partial charge in [-0.25, -0.2) is 0 Å². The van der Waals surface area contributed by atoms with Crippen LogP contribution in [0.3, 0.4) is 0 Å². The molecule has 0 unspecified atom stereocenters. The largest absolute Gasteiger partial charge is 0.495 e. The van der Waals surface area contributed by atoms with Crippen LogP contribution >= 0.6 is 38.9 Å². The van der Waals surface area contributed by atoms with Crippen LogP contribution in [0.1, 0.15) is 4.88 Å². The zero-order valence-corrected chi connectivity index (χ0v) is 10.7. The molecule has 14 heavy (non-hydrogen) atoms. The Balaban J connectivity index is 2.77. The second kappa shape index (κ2) is 4.09. The number of ether oxygens (including phenoxy) is 1. The lowest BCUT2D eigenvalue weighted by molar-refractivity contribution is 0.420. The SMILES string of the molecule is COc1cccc2c(Br)c(CCl)sc12. The Kier molecular flexibility index (Phi) is 3.00. The zero-order chi connectivity index (χ0) is 10.1. The first-order valence-corrected chi connectivity index (χ1v) is 6.22. The van der Waals surface area contributed by atoms with Crippen LogP contribution in [0.15, 0.2) is 22.7 Å². The molecule has 0 aliphatic rings. The summed E-state index contributed by atoms with van der Waals surface area (Å²) in [5.41, 5.74) is 0. The summed E-state index contributed by atoms with van der Waals surface area (Å²) in [7, 11) is 1.68. The van der Waals surface area contributed by atoms with Crippen molar-refractivity contribution in [3.8, 4) is 5.75 Å². The third-order valence-corrected chi connectivity index (χ3v) is 4.84. The number of methoxy groups -OCH3 is 1. The van der Waals surface area contributed by atoms with Crippen LogP contribution in [0.2, 0.25) is 0 Å². The lowest BCUT2D eigenvalue weighted by Crippen LogP contribution is -1.80. The Morgan fingerprint density at radius 3 is 2.93 bits per heavy atom. The van der Waals surface area contributed by atoms with Crippen molar-refractivity contribution in [2.75, 3.05) is 7.11 Å². The molecular formula is C10H8BrClOS. The number of hydrogen-bond acceptors (Lipinski definition) is 2. The van der Waals surface area contributed by atoms with E-state index in [-0.39, 0.29) is 0 Å². The molecule has 0 aliphatic carbocycles. The van der Waals surface area contributed by atoms with Crippen LogP contribution in [-0.2, 0) is 5.88 Å². The molecule has 0 atom stereocenters. The van der Waals surface area contributed by atoms with Crippen molar-refractivity contribution in [2.24, 2.45) is 0 Å². The van der Waals surface area contributed by atoms with Crippen LogP contribution in [0.25, 0.3) is 10.1 Å². The molecular weight excluding hydrogens is 284 g/mol. The quantitative estimate of drug-likeness (QED) is 0.745. The Morgan fingerprint density at radius 2 is 2.29 bits per heavy atom. The standard InChI is InChI=1S/C10H8BrClOS/c1-13-7-4-2-3-6-9(11)8(5-12)14-10(6)7/h2-4H,5H2,1H3. The van der Waals surface area contributed by atoms with Crippen molar-refractivity contribution in [2.45, 2.75) is 5.88 Å². The number of fused-ring (bicyclic) bond motifs is 1. The minimum atomic E-state index is 0.531. The highest BCUT2D eigenvalue weighted by Gasteiger charge is 2.11. The van der Waals surface area contributed by atoms with Gasteiger partial charge in [0.1, 0.15) is 5.75 Å². The highest BCUT2D eigenvalue weighted by molar-refractivity contribution is 9.10. The summed E-state index contributed by atoms with van der Waals surface area (Å²) >= 11 is 11.1. The van der Waals surface area contributed by atoms with Gasteiger partial charge in [0.15, 0.2) is 0 Å². The summed E-state index contributed by atoms with van der Waals surface area (Å²) in [6.45, 7) is 0. The smallest absolute Gasteiger partial charge is 0.136 e. The van der Waals surface area contributed by atoms with Crippen molar-refractivity contribution in [1.82, 2.24) is 0 Å². The third-order valence-electron chi connectivity index (χ3n) is 2.03. The Labute approximate surface area is 99.8 Å². The van der Waals surface area contributed by atoms with Gasteiger partial charge in [-0.3, -0.25) is 0 Å². The number of rotatable bonds is 2. The second-order valence-corrected chi connectivity index (χ2v) is 4.98. The van der Waals surface area contributed by atoms with E-state index >= 15 is 0 Å². The molecule has 1 aromatic carbocycles. The molecule has 0 radical (unpaired) electrons. The van der Waals surface area contributed by atoms with Crippen LogP contribution in [0, 0.1) is 0 Å². The molecule has 2 rings (SSSR count). The maximum atomic E-state index is 5.84. The molecule has 4 heteroatoms. The maximum Gasteiger partial charge on any atom is 0.136 e. The minimum absolute atomic E-state index is 0.531. The molecule has 1 aromatic heterocycles. The summed E-state index contributed by atoms with van der Waals surface area (Å²) in [4.78, 5) is 1.14. The predicted octanol–water partition coefficient (Wildman–Crippen LogP) is 4.41. The first-order chi connectivity index (χ1) is 6.77. The van der Waals surface area contributed by atoms with Gasteiger partial charge in [0, 0.05) is 14.7 Å². The summed E-state index contributed by atoms with van der Waals surface area (Å²) in [5, 5.41) is 1.17. The third kappa shape index (κ3) is 1.53. The molecule has 0 saturated heterocycles. The summed E-state index contributed by atoms with van der Waals surface area (Å²) in [6, 6.07) is 6.01. The van der Waals surface area contributed by atoms with Gasteiger partial charge in [-0.05, 0) is 22.0 Å². The van der Waals surface area contributed by atoms with E-state index in [1.54, 1.807) is 18.4 Å². The number of alkyl halides is 1. The summed E-state index contributed by atoms with van der Waals surface area (Å²) < 4.78 is 7.53. The second-order valence-electron chi connectivity index (χ2n) is 2.81. The van der Waals surface area contributed by atoms with Crippen LogP contribution in [0.4, 0.5) is 0 Å². The van der Waals surface area contributed by atoms with E-state index in [2.05, 4.69) is 22.0 Å². The van der Waals surface area contributed by atoms with E-state index in [9.17, 15) is 0 Å². The molecule has 1 heterocycles. The molecule has 74 valence electrons. The van der Waals surface area contributed by atoms with Gasteiger partial charge in [-0.15, -0.1) is 22.9 Å². The fourth-order valence-corrected chi connectivity index (χ4v) is 3.69. The molecule has 0 amide bonds. The van der Waals surface area contributed by atoms with E-state index in [0.717, 1.165) is 19.8 Å². The van der Waals surface area contributed by atoms with Gasteiger partial charge in [0.2, 0.25) is 0 Å². The lowest BCUT2D eigenvalue weighted by atomic mass is 10.2. The average Bonchev–Trinajstić information content (AvgIpc) is 2.55. The van der Waals surface area contributed by atoms with E-state index < -0.39 is 0 Å². The Morgan fingerprint density at radius 1 is 1.50 bits per heavy atom. The predicted molar refractivity (Wildman–Crippen MR) is 65.6 cm³/mol. The van der Waals surface area contributed by atoms with Gasteiger partial charge >= 0.3 is 0 Å². The summed E-state index contributed by atoms with van der Waals surface area (Å²) in [6.07, 6.45) is 0. The highest BCUT2D eigenvalue weighted by Crippen LogP contribution is 2.40. The molecule has 0 aliphatic heterocycles. The number of thiophene rings is 1. The first-order valence-electron chi connectivity index (χ1n) is 4.07. The Bertz CT molecular complexity index is 466. The van der Waals surface area contributed by atoms with Crippen LogP contribution < -0.4 is 4.74 Å². The highest BCUT2D eigenvalue weighted by atomic mass is 79.9. The average molecular weight is 292 g/mol. The minimum Gasteiger partial charge on any atom is -0.495 e. The molecule has 0 fully saturated rings. The topological polar surface area (TPSA) is 9.23 Å². The van der Waals surface area contributed by atoms with Crippen LogP contribution in [-0.4, -0.2) is 7.11 Å². The van der Waals surface area contributed by atoms with E-state index in [1.807, 2.05) is 12.1 Å². The lowest BCUT2D eigenvalue weighted by Gasteiger charge is -1.99. The van der Waals surface area contributed by atoms with Gasteiger partial charge in [0.25, 0.3) is 0 Å². The number of halogens is 2. The van der Waals surface area contributed by atoms with Crippen molar-refractivity contribution in [1.29, 1.82) is 0 Å². The fraction of sp³-hybridized carbons (Fsp3) is 0.200. The first kappa shape index (κ1) is 10.3. The zero-order valence-electron chi connectivity index (χ0n) is 7.51. The van der Waals surface area contributed by atoms with Crippen molar-refractivity contribution >= 4 is 49.0 Å². The molecule has 0 saturated carbocycles. The molecule has 0 N–H and O–H groups in total. The van der Waals surface area contributed by atoms with Crippen molar-refractivity contribution in [3.63, 3.8) is 0 Å². The van der Waals surface area contributed by atoms with Gasteiger partial charge in [-0.1, -0.05) is 12.1 Å². The molecule has 2 aromatic rings. The molecule has 0 bridgehead atoms. The van der Waals surface area contributed by atoms with Crippen molar-refractivity contribution < 1.29 is 4.74 Å². The van der Waals surface area contributed by atoms with E-state index in [1.165, 1.54) is 5.39 Å². The van der Waals surface area contributed by atoms with Crippen molar-refractivity contribution in [3.05, 3.63) is 27.5 Å². The van der Waals surface area contributed by atoms with E-state index in [4.69, 9.17) is 16.3 Å². The number of benzene rings is 1. The van der Waals surface area contributed by atoms with Crippen LogP contribution in [0.5, 0.6) is 5.75 Å².